The van der Waals surface area contributed by atoms with E-state index in [1.54, 1.807) is 19.1 Å². The summed E-state index contributed by atoms with van der Waals surface area (Å²) in [5, 5.41) is 10.5. The Morgan fingerprint density at radius 3 is 2.50 bits per heavy atom. The fourth-order valence-electron chi connectivity index (χ4n) is 2.17. The van der Waals surface area contributed by atoms with Crippen molar-refractivity contribution in [2.24, 2.45) is 11.8 Å². The van der Waals surface area contributed by atoms with E-state index < -0.39 is 12.0 Å². The fraction of sp³-hybridized carbons (Fsp3) is 0.562. The van der Waals surface area contributed by atoms with Gasteiger partial charge in [-0.3, -0.25) is 4.79 Å². The summed E-state index contributed by atoms with van der Waals surface area (Å²) in [6.45, 7) is 8.34. The summed E-state index contributed by atoms with van der Waals surface area (Å²) in [6.07, 6.45) is -0.894. The maximum Gasteiger partial charge on any atom is 0.312 e. The van der Waals surface area contributed by atoms with E-state index in [2.05, 4.69) is 0 Å². The number of carbonyl (C=O) groups excluding carboxylic acids is 1. The van der Waals surface area contributed by atoms with Crippen LogP contribution >= 0.6 is 0 Å². The molecule has 0 radical (unpaired) electrons. The predicted octanol–water partition coefficient (Wildman–Crippen LogP) is 2.95. The summed E-state index contributed by atoms with van der Waals surface area (Å²) >= 11 is 0. The second-order valence-corrected chi connectivity index (χ2v) is 4.97. The first-order valence-electron chi connectivity index (χ1n) is 7.08. The Morgan fingerprint density at radius 2 is 1.95 bits per heavy atom. The van der Waals surface area contributed by atoms with Crippen LogP contribution in [0.15, 0.2) is 24.3 Å². The number of esters is 1. The van der Waals surface area contributed by atoms with Crippen molar-refractivity contribution in [3.63, 3.8) is 0 Å². The van der Waals surface area contributed by atoms with Crippen molar-refractivity contribution in [2.45, 2.75) is 33.8 Å². The molecule has 1 aromatic carbocycles. The third-order valence-corrected chi connectivity index (χ3v) is 3.13. The molecule has 0 bridgehead atoms. The van der Waals surface area contributed by atoms with Crippen LogP contribution in [-0.4, -0.2) is 24.3 Å². The maximum absolute atomic E-state index is 12.0. The first kappa shape index (κ1) is 16.5. The standard InChI is InChI=1S/C16H24O4/c1-5-19-13-9-7-8-12(10-13)15(17)14(11(3)4)16(18)20-6-2/h7-11,14-15,17H,5-6H2,1-4H3. The van der Waals surface area contributed by atoms with Crippen molar-refractivity contribution in [3.05, 3.63) is 29.8 Å². The molecule has 20 heavy (non-hydrogen) atoms. The Labute approximate surface area is 120 Å². The normalized spacial score (nSPS) is 13.9. The Kier molecular flexibility index (Phi) is 6.52. The molecule has 0 aliphatic carbocycles. The van der Waals surface area contributed by atoms with E-state index in [0.717, 1.165) is 0 Å². The number of hydrogen-bond acceptors (Lipinski definition) is 4. The Morgan fingerprint density at radius 1 is 1.25 bits per heavy atom. The van der Waals surface area contributed by atoms with Crippen molar-refractivity contribution in [3.8, 4) is 5.75 Å². The van der Waals surface area contributed by atoms with Crippen LogP contribution in [0.5, 0.6) is 5.75 Å². The van der Waals surface area contributed by atoms with Crippen LogP contribution in [0, 0.1) is 11.8 Å². The minimum Gasteiger partial charge on any atom is -0.494 e. The molecule has 0 aliphatic rings. The molecule has 2 unspecified atom stereocenters. The van der Waals surface area contributed by atoms with Crippen molar-refractivity contribution < 1.29 is 19.4 Å². The van der Waals surface area contributed by atoms with E-state index in [1.807, 2.05) is 32.9 Å². The van der Waals surface area contributed by atoms with Crippen LogP contribution in [0.25, 0.3) is 0 Å². The van der Waals surface area contributed by atoms with E-state index in [-0.39, 0.29) is 11.9 Å². The number of rotatable bonds is 7. The molecule has 4 heteroatoms. The highest BCUT2D eigenvalue weighted by atomic mass is 16.5. The molecule has 2 atom stereocenters. The molecule has 0 aromatic heterocycles. The van der Waals surface area contributed by atoms with Gasteiger partial charge in [0.25, 0.3) is 0 Å². The summed E-state index contributed by atoms with van der Waals surface area (Å²) in [5.41, 5.74) is 0.669. The molecule has 0 amide bonds. The van der Waals surface area contributed by atoms with Gasteiger partial charge in [-0.2, -0.15) is 0 Å². The average Bonchev–Trinajstić information content (AvgIpc) is 2.39. The van der Waals surface area contributed by atoms with Crippen molar-refractivity contribution in [2.75, 3.05) is 13.2 Å². The molecule has 0 saturated heterocycles. The number of benzene rings is 1. The van der Waals surface area contributed by atoms with Crippen LogP contribution in [0.4, 0.5) is 0 Å². The lowest BCUT2D eigenvalue weighted by molar-refractivity contribution is -0.154. The number of ether oxygens (including phenoxy) is 2. The number of aliphatic hydroxyl groups is 1. The van der Waals surface area contributed by atoms with Crippen LogP contribution in [0.2, 0.25) is 0 Å². The SMILES string of the molecule is CCOC(=O)C(C(C)C)C(O)c1cccc(OCC)c1. The Hall–Kier alpha value is -1.55. The first-order valence-corrected chi connectivity index (χ1v) is 7.08. The van der Waals surface area contributed by atoms with Crippen LogP contribution in [0.3, 0.4) is 0 Å². The Bertz CT molecular complexity index is 428. The van der Waals surface area contributed by atoms with Gasteiger partial charge in [0, 0.05) is 0 Å². The quantitative estimate of drug-likeness (QED) is 0.780. The highest BCUT2D eigenvalue weighted by Gasteiger charge is 2.32. The van der Waals surface area contributed by atoms with Crippen LogP contribution < -0.4 is 4.74 Å². The van der Waals surface area contributed by atoms with Crippen LogP contribution in [0.1, 0.15) is 39.4 Å². The molecule has 1 rings (SSSR count). The summed E-state index contributed by atoms with van der Waals surface area (Å²) < 4.78 is 10.5. The minimum absolute atomic E-state index is 0.0141. The van der Waals surface area contributed by atoms with Gasteiger partial charge >= 0.3 is 5.97 Å². The zero-order valence-electron chi connectivity index (χ0n) is 12.6. The molecule has 1 N–H and O–H groups in total. The fourth-order valence-corrected chi connectivity index (χ4v) is 2.17. The maximum atomic E-state index is 12.0. The monoisotopic (exact) mass is 280 g/mol. The zero-order chi connectivity index (χ0) is 15.1. The molecule has 0 fully saturated rings. The van der Waals surface area contributed by atoms with Gasteiger partial charge in [0.1, 0.15) is 5.75 Å². The zero-order valence-corrected chi connectivity index (χ0v) is 12.6. The first-order chi connectivity index (χ1) is 9.51. The third kappa shape index (κ3) is 4.23. The number of carbonyl (C=O) groups is 1. The second-order valence-electron chi connectivity index (χ2n) is 4.97. The van der Waals surface area contributed by atoms with Gasteiger partial charge in [0.05, 0.1) is 25.2 Å². The Balaban J connectivity index is 2.96. The van der Waals surface area contributed by atoms with Crippen molar-refractivity contribution >= 4 is 5.97 Å². The van der Waals surface area contributed by atoms with Gasteiger partial charge in [-0.15, -0.1) is 0 Å². The lowest BCUT2D eigenvalue weighted by Crippen LogP contribution is -2.29. The van der Waals surface area contributed by atoms with Gasteiger partial charge < -0.3 is 14.6 Å². The molecular formula is C16H24O4. The third-order valence-electron chi connectivity index (χ3n) is 3.13. The summed E-state index contributed by atoms with van der Waals surface area (Å²) in [6, 6.07) is 7.20. The molecule has 0 heterocycles. The largest absolute Gasteiger partial charge is 0.494 e. The molecule has 0 spiro atoms. The molecule has 112 valence electrons. The van der Waals surface area contributed by atoms with E-state index in [1.165, 1.54) is 0 Å². The lowest BCUT2D eigenvalue weighted by atomic mass is 9.86. The molecule has 0 aliphatic heterocycles. The highest BCUT2D eigenvalue weighted by molar-refractivity contribution is 5.73. The van der Waals surface area contributed by atoms with E-state index in [9.17, 15) is 9.90 Å². The summed E-state index contributed by atoms with van der Waals surface area (Å²) in [7, 11) is 0. The van der Waals surface area contributed by atoms with Crippen LogP contribution in [-0.2, 0) is 9.53 Å². The van der Waals surface area contributed by atoms with Gasteiger partial charge in [0.15, 0.2) is 0 Å². The van der Waals surface area contributed by atoms with Gasteiger partial charge in [-0.1, -0.05) is 26.0 Å². The number of aliphatic hydroxyl groups excluding tert-OH is 1. The van der Waals surface area contributed by atoms with Gasteiger partial charge in [-0.05, 0) is 37.5 Å². The molecule has 4 nitrogen and oxygen atoms in total. The van der Waals surface area contributed by atoms with E-state index in [4.69, 9.17) is 9.47 Å². The predicted molar refractivity (Wildman–Crippen MR) is 77.5 cm³/mol. The summed E-state index contributed by atoms with van der Waals surface area (Å²) in [5.74, 6) is -0.265. The topological polar surface area (TPSA) is 55.8 Å². The van der Waals surface area contributed by atoms with Crippen molar-refractivity contribution in [1.29, 1.82) is 0 Å². The van der Waals surface area contributed by atoms with Gasteiger partial charge in [0.2, 0.25) is 0 Å². The second kappa shape index (κ2) is 7.90. The summed E-state index contributed by atoms with van der Waals surface area (Å²) in [4.78, 5) is 12.0. The molecular weight excluding hydrogens is 256 g/mol. The number of hydrogen-bond donors (Lipinski definition) is 1. The highest BCUT2D eigenvalue weighted by Crippen LogP contribution is 2.31. The molecule has 1 aromatic rings. The smallest absolute Gasteiger partial charge is 0.312 e. The van der Waals surface area contributed by atoms with Crippen molar-refractivity contribution in [1.82, 2.24) is 0 Å². The average molecular weight is 280 g/mol. The van der Waals surface area contributed by atoms with Gasteiger partial charge in [-0.25, -0.2) is 0 Å². The van der Waals surface area contributed by atoms with E-state index in [0.29, 0.717) is 24.5 Å². The molecule has 0 saturated carbocycles. The van der Waals surface area contributed by atoms with E-state index >= 15 is 0 Å². The minimum atomic E-state index is -0.894. The lowest BCUT2D eigenvalue weighted by Gasteiger charge is -2.25.